The number of esters is 2. The van der Waals surface area contributed by atoms with E-state index in [-0.39, 0.29) is 11.2 Å². The molecule has 2 rings (SSSR count). The first kappa shape index (κ1) is 22.1. The van der Waals surface area contributed by atoms with Gasteiger partial charge in [0.05, 0.1) is 12.8 Å². The van der Waals surface area contributed by atoms with Gasteiger partial charge in [-0.05, 0) is 35.3 Å². The van der Waals surface area contributed by atoms with Gasteiger partial charge in [0, 0.05) is 25.7 Å². The Morgan fingerprint density at radius 3 is 2.03 bits per heavy atom. The van der Waals surface area contributed by atoms with Crippen LogP contribution in [0.15, 0.2) is 54.7 Å². The average Bonchev–Trinajstić information content (AvgIpc) is 3.09. The van der Waals surface area contributed by atoms with Gasteiger partial charge in [0.15, 0.2) is 0 Å². The van der Waals surface area contributed by atoms with E-state index in [1.54, 1.807) is 42.1 Å². The van der Waals surface area contributed by atoms with Crippen molar-refractivity contribution in [2.45, 2.75) is 38.7 Å². The first-order valence-electron chi connectivity index (χ1n) is 9.25. The molecule has 6 nitrogen and oxygen atoms in total. The summed E-state index contributed by atoms with van der Waals surface area (Å²) in [7, 11) is 2.95. The van der Waals surface area contributed by atoms with Gasteiger partial charge >= 0.3 is 11.9 Å². The summed E-state index contributed by atoms with van der Waals surface area (Å²) >= 11 is 0. The summed E-state index contributed by atoms with van der Waals surface area (Å²) in [5.41, 5.74) is -0.0783. The zero-order chi connectivity index (χ0) is 21.8. The van der Waals surface area contributed by atoms with Crippen LogP contribution in [0.5, 0.6) is 0 Å². The molecule has 1 heterocycles. The number of nitrogens with zero attached hydrogens (tertiary/aromatic N) is 1. The quantitative estimate of drug-likeness (QED) is 0.422. The van der Waals surface area contributed by atoms with E-state index in [4.69, 9.17) is 9.47 Å². The molecule has 1 aromatic carbocycles. The Kier molecular flexibility index (Phi) is 6.47. The highest BCUT2D eigenvalue weighted by Crippen LogP contribution is 2.32. The SMILES string of the molecule is COC(=O)C(/C=C/C(=O)c1cccn1C)(OC(C)=O)c1ccc(C(C)(C)C)cc1. The van der Waals surface area contributed by atoms with E-state index in [0.29, 0.717) is 11.3 Å². The van der Waals surface area contributed by atoms with E-state index in [1.807, 2.05) is 12.1 Å². The second-order valence-electron chi connectivity index (χ2n) is 7.85. The van der Waals surface area contributed by atoms with Crippen molar-refractivity contribution in [3.05, 3.63) is 71.6 Å². The molecule has 6 heteroatoms. The minimum atomic E-state index is -1.86. The molecule has 1 atom stereocenters. The number of aryl methyl sites for hydroxylation is 1. The molecule has 29 heavy (non-hydrogen) atoms. The van der Waals surface area contributed by atoms with Crippen LogP contribution in [0.1, 0.15) is 49.3 Å². The van der Waals surface area contributed by atoms with Crippen molar-refractivity contribution in [3.8, 4) is 0 Å². The fourth-order valence-electron chi connectivity index (χ4n) is 3.01. The van der Waals surface area contributed by atoms with Crippen LogP contribution < -0.4 is 0 Å². The number of ether oxygens (including phenoxy) is 2. The normalized spacial score (nSPS) is 13.7. The number of benzene rings is 1. The number of hydrogen-bond donors (Lipinski definition) is 0. The molecule has 0 bridgehead atoms. The lowest BCUT2D eigenvalue weighted by molar-refractivity contribution is -0.174. The molecule has 0 aliphatic rings. The highest BCUT2D eigenvalue weighted by Gasteiger charge is 2.43. The van der Waals surface area contributed by atoms with Crippen LogP contribution in [0.2, 0.25) is 0 Å². The van der Waals surface area contributed by atoms with Crippen molar-refractivity contribution in [1.82, 2.24) is 4.57 Å². The molecule has 1 aromatic heterocycles. The maximum Gasteiger partial charge on any atom is 0.359 e. The van der Waals surface area contributed by atoms with Crippen molar-refractivity contribution in [2.75, 3.05) is 7.11 Å². The molecule has 0 amide bonds. The van der Waals surface area contributed by atoms with Crippen molar-refractivity contribution in [3.63, 3.8) is 0 Å². The summed E-state index contributed by atoms with van der Waals surface area (Å²) in [5.74, 6) is -1.80. The molecule has 0 fully saturated rings. The van der Waals surface area contributed by atoms with Crippen molar-refractivity contribution in [2.24, 2.45) is 7.05 Å². The highest BCUT2D eigenvalue weighted by atomic mass is 16.6. The Bertz CT molecular complexity index is 931. The second kappa shape index (κ2) is 8.47. The van der Waals surface area contributed by atoms with E-state index >= 15 is 0 Å². The molecule has 0 saturated heterocycles. The number of carbonyl (C=O) groups excluding carboxylic acids is 3. The number of carbonyl (C=O) groups is 3. The van der Waals surface area contributed by atoms with Crippen LogP contribution in [0.4, 0.5) is 0 Å². The number of methoxy groups -OCH3 is 1. The third kappa shape index (κ3) is 4.83. The zero-order valence-corrected chi connectivity index (χ0v) is 17.7. The van der Waals surface area contributed by atoms with Gasteiger partial charge in [-0.1, -0.05) is 45.0 Å². The minimum absolute atomic E-state index is 0.0910. The van der Waals surface area contributed by atoms with Gasteiger partial charge in [-0.25, -0.2) is 4.79 Å². The lowest BCUT2D eigenvalue weighted by Crippen LogP contribution is -2.39. The molecular formula is C23H27NO5. The van der Waals surface area contributed by atoms with Gasteiger partial charge in [-0.15, -0.1) is 0 Å². The topological polar surface area (TPSA) is 74.6 Å². The van der Waals surface area contributed by atoms with E-state index in [0.717, 1.165) is 5.56 Å². The maximum atomic E-state index is 12.8. The first-order valence-corrected chi connectivity index (χ1v) is 9.25. The number of allylic oxidation sites excluding steroid dienone is 1. The summed E-state index contributed by atoms with van der Waals surface area (Å²) in [6.07, 6.45) is 4.25. The average molecular weight is 397 g/mol. The number of hydrogen-bond acceptors (Lipinski definition) is 5. The smallest absolute Gasteiger partial charge is 0.359 e. The molecule has 0 N–H and O–H groups in total. The molecule has 0 radical (unpaired) electrons. The lowest BCUT2D eigenvalue weighted by atomic mass is 9.84. The third-order valence-corrected chi connectivity index (χ3v) is 4.64. The van der Waals surface area contributed by atoms with Gasteiger partial charge in [0.1, 0.15) is 0 Å². The standard InChI is InChI=1S/C23H27NO5/c1-16(25)29-23(21(27)28-6,14-13-20(26)19-8-7-15-24(19)5)18-11-9-17(10-12-18)22(2,3)4/h7-15H,1-6H3/b14-13+. The lowest BCUT2D eigenvalue weighted by Gasteiger charge is -2.28. The molecule has 0 aliphatic carbocycles. The number of aromatic nitrogens is 1. The molecule has 0 aliphatic heterocycles. The third-order valence-electron chi connectivity index (χ3n) is 4.64. The van der Waals surface area contributed by atoms with Crippen LogP contribution in [0.25, 0.3) is 0 Å². The van der Waals surface area contributed by atoms with Gasteiger partial charge in [-0.2, -0.15) is 0 Å². The van der Waals surface area contributed by atoms with E-state index < -0.39 is 17.5 Å². The van der Waals surface area contributed by atoms with E-state index in [9.17, 15) is 14.4 Å². The predicted octanol–water partition coefficient (Wildman–Crippen LogP) is 3.69. The van der Waals surface area contributed by atoms with Crippen LogP contribution in [-0.4, -0.2) is 29.4 Å². The van der Waals surface area contributed by atoms with Crippen LogP contribution >= 0.6 is 0 Å². The summed E-state index contributed by atoms with van der Waals surface area (Å²) in [6.45, 7) is 7.41. The zero-order valence-electron chi connectivity index (χ0n) is 17.7. The Hall–Kier alpha value is -3.15. The van der Waals surface area contributed by atoms with Crippen molar-refractivity contribution >= 4 is 17.7 Å². The predicted molar refractivity (Wildman–Crippen MR) is 109 cm³/mol. The summed E-state index contributed by atoms with van der Waals surface area (Å²) in [5, 5.41) is 0. The molecule has 1 unspecified atom stereocenters. The molecule has 0 saturated carbocycles. The number of rotatable bonds is 6. The van der Waals surface area contributed by atoms with Crippen LogP contribution in [0, 0.1) is 0 Å². The molecule has 2 aromatic rings. The van der Waals surface area contributed by atoms with Crippen molar-refractivity contribution in [1.29, 1.82) is 0 Å². The minimum Gasteiger partial charge on any atom is -0.466 e. The Balaban J connectivity index is 2.57. The monoisotopic (exact) mass is 397 g/mol. The van der Waals surface area contributed by atoms with E-state index in [2.05, 4.69) is 20.8 Å². The maximum absolute atomic E-state index is 12.8. The van der Waals surface area contributed by atoms with Gasteiger partial charge in [0.2, 0.25) is 5.78 Å². The molecule has 0 spiro atoms. The summed E-state index contributed by atoms with van der Waals surface area (Å²) < 4.78 is 12.0. The summed E-state index contributed by atoms with van der Waals surface area (Å²) in [6, 6.07) is 10.5. The molecular weight excluding hydrogens is 370 g/mol. The van der Waals surface area contributed by atoms with E-state index in [1.165, 1.54) is 26.2 Å². The Labute approximate surface area is 171 Å². The van der Waals surface area contributed by atoms with Crippen molar-refractivity contribution < 1.29 is 23.9 Å². The largest absolute Gasteiger partial charge is 0.466 e. The Morgan fingerprint density at radius 2 is 1.59 bits per heavy atom. The highest BCUT2D eigenvalue weighted by molar-refractivity contribution is 6.04. The summed E-state index contributed by atoms with van der Waals surface area (Å²) in [4.78, 5) is 37.2. The fourth-order valence-corrected chi connectivity index (χ4v) is 3.01. The van der Waals surface area contributed by atoms with Gasteiger partial charge in [0.25, 0.3) is 5.60 Å². The second-order valence-corrected chi connectivity index (χ2v) is 7.85. The number of ketones is 1. The molecule has 154 valence electrons. The fraction of sp³-hybridized carbons (Fsp3) is 0.348. The van der Waals surface area contributed by atoms with Crippen LogP contribution in [-0.2, 0) is 37.1 Å². The van der Waals surface area contributed by atoms with Crippen LogP contribution in [0.3, 0.4) is 0 Å². The van der Waals surface area contributed by atoms with Gasteiger partial charge < -0.3 is 14.0 Å². The Morgan fingerprint density at radius 1 is 1.00 bits per heavy atom. The first-order chi connectivity index (χ1) is 13.5. The van der Waals surface area contributed by atoms with Gasteiger partial charge in [-0.3, -0.25) is 9.59 Å².